The molecule has 1 unspecified atom stereocenters. The maximum atomic E-state index is 13.0. The van der Waals surface area contributed by atoms with E-state index in [1.54, 1.807) is 12.4 Å². The molecule has 0 aliphatic heterocycles. The van der Waals surface area contributed by atoms with Gasteiger partial charge in [0.2, 0.25) is 0 Å². The number of likely N-dealkylation sites (N-methyl/N-ethyl adjacent to an activating group) is 1. The third kappa shape index (κ3) is 5.19. The highest BCUT2D eigenvalue weighted by Gasteiger charge is 2.20. The molecule has 3 aromatic rings. The van der Waals surface area contributed by atoms with Gasteiger partial charge in [0.05, 0.1) is 0 Å². The largest absolute Gasteiger partial charge is 0.489 e. The van der Waals surface area contributed by atoms with Crippen molar-refractivity contribution in [1.29, 1.82) is 0 Å². The second kappa shape index (κ2) is 9.70. The molecule has 0 spiro atoms. The average Bonchev–Trinajstić information content (AvgIpc) is 2.76. The molecular formula is C24H26N2O2. The number of hydrogen-bond acceptors (Lipinski definition) is 3. The van der Waals surface area contributed by atoms with Crippen LogP contribution in [-0.4, -0.2) is 28.9 Å². The number of rotatable bonds is 8. The zero-order chi connectivity index (χ0) is 19.8. The molecular weight excluding hydrogens is 348 g/mol. The minimum absolute atomic E-state index is 0.00890. The zero-order valence-corrected chi connectivity index (χ0v) is 16.4. The summed E-state index contributed by atoms with van der Waals surface area (Å²) in [5.41, 5.74) is 2.87. The Morgan fingerprint density at radius 1 is 1.04 bits per heavy atom. The van der Waals surface area contributed by atoms with Crippen LogP contribution in [0.15, 0.2) is 79.1 Å². The van der Waals surface area contributed by atoms with Gasteiger partial charge < -0.3 is 9.64 Å². The van der Waals surface area contributed by atoms with Crippen molar-refractivity contribution in [3.8, 4) is 5.75 Å². The Hall–Kier alpha value is -3.14. The van der Waals surface area contributed by atoms with E-state index in [4.69, 9.17) is 4.74 Å². The van der Waals surface area contributed by atoms with Crippen molar-refractivity contribution < 1.29 is 9.53 Å². The van der Waals surface area contributed by atoms with Crippen LogP contribution in [0.2, 0.25) is 0 Å². The maximum absolute atomic E-state index is 13.0. The molecule has 0 radical (unpaired) electrons. The number of nitrogens with zero attached hydrogens (tertiary/aromatic N) is 2. The van der Waals surface area contributed by atoms with Crippen molar-refractivity contribution in [2.45, 2.75) is 32.4 Å². The number of ether oxygens (including phenoxy) is 1. The zero-order valence-electron chi connectivity index (χ0n) is 16.4. The summed E-state index contributed by atoms with van der Waals surface area (Å²) in [7, 11) is 1.88. The Balaban J connectivity index is 1.67. The van der Waals surface area contributed by atoms with E-state index in [1.807, 2.05) is 66.5 Å². The first kappa shape index (κ1) is 19.6. The van der Waals surface area contributed by atoms with Crippen LogP contribution in [0.1, 0.15) is 34.8 Å². The van der Waals surface area contributed by atoms with Crippen LogP contribution in [0, 0.1) is 0 Å². The van der Waals surface area contributed by atoms with Crippen LogP contribution in [0.3, 0.4) is 0 Å². The Morgan fingerprint density at radius 2 is 1.82 bits per heavy atom. The molecule has 2 aromatic carbocycles. The molecule has 1 heterocycles. The molecule has 1 atom stereocenters. The smallest absolute Gasteiger partial charge is 0.253 e. The van der Waals surface area contributed by atoms with Crippen LogP contribution in [-0.2, 0) is 13.0 Å². The van der Waals surface area contributed by atoms with E-state index in [2.05, 4.69) is 24.0 Å². The molecule has 0 fully saturated rings. The summed E-state index contributed by atoms with van der Waals surface area (Å²) >= 11 is 0. The lowest BCUT2D eigenvalue weighted by molar-refractivity contribution is 0.0726. The third-order valence-electron chi connectivity index (χ3n) is 4.86. The Morgan fingerprint density at radius 3 is 2.54 bits per heavy atom. The van der Waals surface area contributed by atoms with Gasteiger partial charge in [-0.05, 0) is 42.7 Å². The van der Waals surface area contributed by atoms with Gasteiger partial charge in [0.1, 0.15) is 12.4 Å². The van der Waals surface area contributed by atoms with E-state index in [9.17, 15) is 4.79 Å². The SMILES string of the molecule is CCC(Cc1ccccc1)N(C)C(=O)c1cccc(OCc2cccnc2)c1. The predicted octanol–water partition coefficient (Wildman–Crippen LogP) is 4.75. The first-order valence-corrected chi connectivity index (χ1v) is 9.60. The topological polar surface area (TPSA) is 42.4 Å². The Kier molecular flexibility index (Phi) is 6.79. The molecule has 144 valence electrons. The van der Waals surface area contributed by atoms with Crippen molar-refractivity contribution in [3.05, 3.63) is 95.8 Å². The van der Waals surface area contributed by atoms with E-state index >= 15 is 0 Å². The third-order valence-corrected chi connectivity index (χ3v) is 4.86. The van der Waals surface area contributed by atoms with Gasteiger partial charge in [0, 0.05) is 36.6 Å². The highest BCUT2D eigenvalue weighted by molar-refractivity contribution is 5.94. The molecule has 0 bridgehead atoms. The molecule has 28 heavy (non-hydrogen) atoms. The van der Waals surface area contributed by atoms with Gasteiger partial charge in [-0.3, -0.25) is 9.78 Å². The minimum Gasteiger partial charge on any atom is -0.489 e. The van der Waals surface area contributed by atoms with Gasteiger partial charge in [-0.25, -0.2) is 0 Å². The van der Waals surface area contributed by atoms with Crippen LogP contribution in [0.4, 0.5) is 0 Å². The van der Waals surface area contributed by atoms with Crippen LogP contribution < -0.4 is 4.74 Å². The summed E-state index contributed by atoms with van der Waals surface area (Å²) in [6.45, 7) is 2.54. The van der Waals surface area contributed by atoms with Crippen molar-refractivity contribution >= 4 is 5.91 Å². The highest BCUT2D eigenvalue weighted by atomic mass is 16.5. The second-order valence-corrected chi connectivity index (χ2v) is 6.85. The van der Waals surface area contributed by atoms with E-state index in [1.165, 1.54) is 5.56 Å². The number of carbonyl (C=O) groups is 1. The van der Waals surface area contributed by atoms with E-state index in [0.717, 1.165) is 18.4 Å². The molecule has 4 nitrogen and oxygen atoms in total. The quantitative estimate of drug-likeness (QED) is 0.571. The standard InChI is InChI=1S/C24H26N2O2/c1-3-22(15-19-9-5-4-6-10-19)26(2)24(27)21-12-7-13-23(16-21)28-18-20-11-8-14-25-17-20/h4-14,16-17,22H,3,15,18H2,1-2H3. The molecule has 0 saturated carbocycles. The molecule has 0 saturated heterocycles. The Bertz CT molecular complexity index is 881. The molecule has 3 rings (SSSR count). The molecule has 4 heteroatoms. The number of pyridine rings is 1. The monoisotopic (exact) mass is 374 g/mol. The number of amides is 1. The van der Waals surface area contributed by atoms with Crippen molar-refractivity contribution in [3.63, 3.8) is 0 Å². The number of aromatic nitrogens is 1. The maximum Gasteiger partial charge on any atom is 0.253 e. The van der Waals surface area contributed by atoms with Crippen LogP contribution in [0.5, 0.6) is 5.75 Å². The highest BCUT2D eigenvalue weighted by Crippen LogP contribution is 2.19. The van der Waals surface area contributed by atoms with Crippen molar-refractivity contribution in [2.75, 3.05) is 7.05 Å². The van der Waals surface area contributed by atoms with Gasteiger partial charge in [-0.2, -0.15) is 0 Å². The molecule has 0 aliphatic carbocycles. The lowest BCUT2D eigenvalue weighted by Crippen LogP contribution is -2.38. The fraction of sp³-hybridized carbons (Fsp3) is 0.250. The average molecular weight is 374 g/mol. The summed E-state index contributed by atoms with van der Waals surface area (Å²) in [5.74, 6) is 0.689. The summed E-state index contributed by atoms with van der Waals surface area (Å²) < 4.78 is 5.83. The lowest BCUT2D eigenvalue weighted by atomic mass is 10.0. The van der Waals surface area contributed by atoms with Gasteiger partial charge in [-0.15, -0.1) is 0 Å². The second-order valence-electron chi connectivity index (χ2n) is 6.85. The fourth-order valence-corrected chi connectivity index (χ4v) is 3.18. The first-order valence-electron chi connectivity index (χ1n) is 9.60. The van der Waals surface area contributed by atoms with Gasteiger partial charge in [-0.1, -0.05) is 49.4 Å². The number of benzene rings is 2. The van der Waals surface area contributed by atoms with E-state index in [0.29, 0.717) is 17.9 Å². The summed E-state index contributed by atoms with van der Waals surface area (Å²) in [6, 6.07) is 21.7. The van der Waals surface area contributed by atoms with Crippen LogP contribution >= 0.6 is 0 Å². The molecule has 1 aromatic heterocycles. The fourth-order valence-electron chi connectivity index (χ4n) is 3.18. The van der Waals surface area contributed by atoms with Gasteiger partial charge >= 0.3 is 0 Å². The number of carbonyl (C=O) groups excluding carboxylic acids is 1. The normalized spacial score (nSPS) is 11.6. The molecule has 0 aliphatic rings. The first-order chi connectivity index (χ1) is 13.7. The van der Waals surface area contributed by atoms with Crippen LogP contribution in [0.25, 0.3) is 0 Å². The molecule has 1 amide bonds. The van der Waals surface area contributed by atoms with Crippen molar-refractivity contribution in [2.24, 2.45) is 0 Å². The van der Waals surface area contributed by atoms with E-state index < -0.39 is 0 Å². The van der Waals surface area contributed by atoms with Crippen molar-refractivity contribution in [1.82, 2.24) is 9.88 Å². The van der Waals surface area contributed by atoms with Gasteiger partial charge in [0.15, 0.2) is 0 Å². The Labute approximate surface area is 166 Å². The molecule has 0 N–H and O–H groups in total. The summed E-state index contributed by atoms with van der Waals surface area (Å²) in [4.78, 5) is 19.0. The minimum atomic E-state index is 0.00890. The van der Waals surface area contributed by atoms with E-state index in [-0.39, 0.29) is 11.9 Å². The van der Waals surface area contributed by atoms with Gasteiger partial charge in [0.25, 0.3) is 5.91 Å². The summed E-state index contributed by atoms with van der Waals surface area (Å²) in [6.07, 6.45) is 5.25. The number of hydrogen-bond donors (Lipinski definition) is 0. The summed E-state index contributed by atoms with van der Waals surface area (Å²) in [5, 5.41) is 0. The predicted molar refractivity (Wildman–Crippen MR) is 111 cm³/mol. The lowest BCUT2D eigenvalue weighted by Gasteiger charge is -2.27.